The summed E-state index contributed by atoms with van der Waals surface area (Å²) in [6, 6.07) is 0. The lowest BCUT2D eigenvalue weighted by atomic mass is 9.93. The molecule has 0 aromatic rings. The summed E-state index contributed by atoms with van der Waals surface area (Å²) in [6.07, 6.45) is 0. The van der Waals surface area contributed by atoms with Gasteiger partial charge < -0.3 is 20.4 Å². The lowest BCUT2D eigenvalue weighted by Crippen LogP contribution is -2.37. The summed E-state index contributed by atoms with van der Waals surface area (Å²) < 4.78 is -0.552. The van der Waals surface area contributed by atoms with Crippen LogP contribution < -0.4 is 0 Å². The first-order chi connectivity index (χ1) is 7.19. The van der Waals surface area contributed by atoms with Crippen molar-refractivity contribution in [3.63, 3.8) is 0 Å². The van der Waals surface area contributed by atoms with Crippen molar-refractivity contribution in [2.75, 3.05) is 26.4 Å². The average Bonchev–Trinajstić information content (AvgIpc) is 2.21. The first-order valence-electron chi connectivity index (χ1n) is 4.47. The molecule has 1 unspecified atom stereocenters. The number of aliphatic hydroxyl groups is 4. The Morgan fingerprint density at radius 1 is 0.875 bits per heavy atom. The van der Waals surface area contributed by atoms with Crippen LogP contribution >= 0.6 is 50.5 Å². The number of rotatable bonds is 5. The molecular weight excluding hydrogens is 288 g/mol. The van der Waals surface area contributed by atoms with E-state index < -0.39 is 35.3 Å². The zero-order chi connectivity index (χ0) is 13.4. The fourth-order valence-corrected chi connectivity index (χ4v) is 0.300. The van der Waals surface area contributed by atoms with Crippen LogP contribution in [0.2, 0.25) is 0 Å². The van der Waals surface area contributed by atoms with Crippen LogP contribution in [0.25, 0.3) is 0 Å². The number of hydrogen-bond donors (Lipinski definition) is 8. The second-order valence-electron chi connectivity index (χ2n) is 3.50. The SMILES string of the molecule is CC(S)C(S)(S)S.OCC(CO)(CO)CO. The first kappa shape index (κ1) is 19.6. The van der Waals surface area contributed by atoms with E-state index in [4.69, 9.17) is 20.4 Å². The molecule has 0 aromatic carbocycles. The van der Waals surface area contributed by atoms with Gasteiger partial charge in [-0.15, -0.1) is 0 Å². The third-order valence-electron chi connectivity index (χ3n) is 1.90. The van der Waals surface area contributed by atoms with E-state index in [2.05, 4.69) is 50.5 Å². The molecule has 4 nitrogen and oxygen atoms in total. The minimum absolute atomic E-state index is 0.0856. The third kappa shape index (κ3) is 8.35. The monoisotopic (exact) mass is 308 g/mol. The van der Waals surface area contributed by atoms with E-state index in [1.807, 2.05) is 6.92 Å². The summed E-state index contributed by atoms with van der Waals surface area (Å²) in [5.41, 5.74) is -1.11. The van der Waals surface area contributed by atoms with E-state index >= 15 is 0 Å². The Morgan fingerprint density at radius 3 is 1.06 bits per heavy atom. The van der Waals surface area contributed by atoms with Crippen molar-refractivity contribution in [3.05, 3.63) is 0 Å². The van der Waals surface area contributed by atoms with Gasteiger partial charge in [-0.3, -0.25) is 0 Å². The van der Waals surface area contributed by atoms with Crippen molar-refractivity contribution in [2.45, 2.75) is 15.6 Å². The molecule has 0 rings (SSSR count). The van der Waals surface area contributed by atoms with Gasteiger partial charge in [0.05, 0.1) is 31.8 Å². The lowest BCUT2D eigenvalue weighted by molar-refractivity contribution is -0.0328. The normalized spacial score (nSPS) is 14.1. The summed E-state index contributed by atoms with van der Waals surface area (Å²) in [5.74, 6) is 0. The van der Waals surface area contributed by atoms with Crippen LogP contribution in [-0.2, 0) is 0 Å². The van der Waals surface area contributed by atoms with Crippen LogP contribution in [0.3, 0.4) is 0 Å². The molecule has 0 aliphatic heterocycles. The highest BCUT2D eigenvalue weighted by atomic mass is 32.2. The van der Waals surface area contributed by atoms with E-state index in [0.29, 0.717) is 0 Å². The summed E-state index contributed by atoms with van der Waals surface area (Å²) in [6.45, 7) is 0.260. The Labute approximate surface area is 118 Å². The fourth-order valence-electron chi connectivity index (χ4n) is 0.300. The molecule has 100 valence electrons. The molecule has 4 N–H and O–H groups in total. The number of hydrogen-bond acceptors (Lipinski definition) is 8. The maximum atomic E-state index is 8.50. The lowest BCUT2D eigenvalue weighted by Gasteiger charge is -2.23. The second-order valence-corrected chi connectivity index (χ2v) is 7.44. The molecule has 0 radical (unpaired) electrons. The summed E-state index contributed by atoms with van der Waals surface area (Å²) in [5, 5.41) is 34.1. The van der Waals surface area contributed by atoms with E-state index in [0.717, 1.165) is 0 Å². The minimum Gasteiger partial charge on any atom is -0.396 e. The molecule has 0 saturated carbocycles. The molecule has 0 saturated heterocycles. The summed E-state index contributed by atoms with van der Waals surface area (Å²) in [7, 11) is 0. The Kier molecular flexibility index (Phi) is 11.3. The Hall–Kier alpha value is 1.24. The van der Waals surface area contributed by atoms with Crippen molar-refractivity contribution in [1.82, 2.24) is 0 Å². The number of aliphatic hydroxyl groups excluding tert-OH is 4. The van der Waals surface area contributed by atoms with E-state index in [9.17, 15) is 0 Å². The van der Waals surface area contributed by atoms with E-state index in [-0.39, 0.29) is 5.25 Å². The van der Waals surface area contributed by atoms with Crippen molar-refractivity contribution >= 4 is 50.5 Å². The number of thiol groups is 4. The molecular formula is C8H20O4S4. The largest absolute Gasteiger partial charge is 0.396 e. The molecule has 8 heteroatoms. The van der Waals surface area contributed by atoms with Crippen LogP contribution in [0, 0.1) is 5.41 Å². The molecule has 0 aliphatic rings. The van der Waals surface area contributed by atoms with Crippen molar-refractivity contribution in [3.8, 4) is 0 Å². The minimum atomic E-state index is -1.11. The maximum absolute atomic E-state index is 8.50. The maximum Gasteiger partial charge on any atom is 0.109 e. The van der Waals surface area contributed by atoms with Gasteiger partial charge in [0.1, 0.15) is 3.41 Å². The highest BCUT2D eigenvalue weighted by Gasteiger charge is 2.26. The zero-order valence-electron chi connectivity index (χ0n) is 8.98. The van der Waals surface area contributed by atoms with Crippen LogP contribution in [0.5, 0.6) is 0 Å². The van der Waals surface area contributed by atoms with Crippen molar-refractivity contribution in [2.24, 2.45) is 5.41 Å². The summed E-state index contributed by atoms with van der Waals surface area (Å²) >= 11 is 16.1. The van der Waals surface area contributed by atoms with Gasteiger partial charge >= 0.3 is 0 Å². The van der Waals surface area contributed by atoms with Gasteiger partial charge in [0.2, 0.25) is 0 Å². The van der Waals surface area contributed by atoms with Crippen LogP contribution in [0.15, 0.2) is 0 Å². The molecule has 0 fully saturated rings. The van der Waals surface area contributed by atoms with Crippen molar-refractivity contribution in [1.29, 1.82) is 0 Å². The second kappa shape index (κ2) is 9.21. The van der Waals surface area contributed by atoms with E-state index in [1.54, 1.807) is 0 Å². The molecule has 0 spiro atoms. The van der Waals surface area contributed by atoms with Gasteiger partial charge in [-0.25, -0.2) is 0 Å². The quantitative estimate of drug-likeness (QED) is 0.265. The molecule has 0 aliphatic carbocycles. The summed E-state index contributed by atoms with van der Waals surface area (Å²) in [4.78, 5) is 0. The molecule has 0 bridgehead atoms. The smallest absolute Gasteiger partial charge is 0.109 e. The van der Waals surface area contributed by atoms with Crippen LogP contribution in [0.1, 0.15) is 6.92 Å². The average molecular weight is 309 g/mol. The topological polar surface area (TPSA) is 80.9 Å². The Balaban J connectivity index is 0. The van der Waals surface area contributed by atoms with Gasteiger partial charge in [-0.05, 0) is 0 Å². The van der Waals surface area contributed by atoms with Gasteiger partial charge in [-0.2, -0.15) is 50.5 Å². The predicted octanol–water partition coefficient (Wildman–Crippen LogP) is -0.310. The molecule has 0 heterocycles. The molecule has 0 aromatic heterocycles. The van der Waals surface area contributed by atoms with Crippen LogP contribution in [-0.4, -0.2) is 55.5 Å². The van der Waals surface area contributed by atoms with Gasteiger partial charge in [0, 0.05) is 5.25 Å². The van der Waals surface area contributed by atoms with E-state index in [1.165, 1.54) is 0 Å². The molecule has 0 amide bonds. The zero-order valence-corrected chi connectivity index (χ0v) is 12.6. The third-order valence-corrected chi connectivity index (χ3v) is 4.06. The predicted molar refractivity (Wildman–Crippen MR) is 78.9 cm³/mol. The van der Waals surface area contributed by atoms with Crippen LogP contribution in [0.4, 0.5) is 0 Å². The Morgan fingerprint density at radius 2 is 1.06 bits per heavy atom. The standard InChI is InChI=1S/C5H12O4.C3H8S4/c6-1-5(2-7,3-8)4-9;1-2(4)3(5,6)7/h6-9H,1-4H2;2,4-7H,1H3. The highest BCUT2D eigenvalue weighted by molar-refractivity contribution is 8.18. The fraction of sp³-hybridized carbons (Fsp3) is 1.00. The first-order valence-corrected chi connectivity index (χ1v) is 6.33. The van der Waals surface area contributed by atoms with Gasteiger partial charge in [0.15, 0.2) is 0 Å². The van der Waals surface area contributed by atoms with Crippen molar-refractivity contribution < 1.29 is 20.4 Å². The molecule has 16 heavy (non-hydrogen) atoms. The molecule has 1 atom stereocenters. The van der Waals surface area contributed by atoms with Gasteiger partial charge in [0.25, 0.3) is 0 Å². The highest BCUT2D eigenvalue weighted by Crippen LogP contribution is 2.31. The van der Waals surface area contributed by atoms with Gasteiger partial charge in [-0.1, -0.05) is 6.92 Å². The Bertz CT molecular complexity index is 150.